The number of carboxylic acids is 1. The third kappa shape index (κ3) is 3.85. The molecule has 0 spiro atoms. The van der Waals surface area contributed by atoms with Crippen molar-refractivity contribution in [1.29, 1.82) is 0 Å². The SMILES string of the molecule is Cc1ccccc1C(=O)N[C@@H](CCCN)C(=O)O. The predicted molar refractivity (Wildman–Crippen MR) is 68.4 cm³/mol. The van der Waals surface area contributed by atoms with Gasteiger partial charge in [-0.15, -0.1) is 0 Å². The Kier molecular flexibility index (Phi) is 5.32. The second-order valence-corrected chi connectivity index (χ2v) is 4.11. The van der Waals surface area contributed by atoms with Gasteiger partial charge in [-0.25, -0.2) is 4.79 Å². The number of carbonyl (C=O) groups is 2. The fourth-order valence-electron chi connectivity index (χ4n) is 1.64. The molecule has 1 atom stereocenters. The van der Waals surface area contributed by atoms with E-state index >= 15 is 0 Å². The average molecular weight is 250 g/mol. The molecule has 0 aliphatic carbocycles. The van der Waals surface area contributed by atoms with Crippen molar-refractivity contribution in [2.75, 3.05) is 6.54 Å². The van der Waals surface area contributed by atoms with E-state index in [4.69, 9.17) is 10.8 Å². The summed E-state index contributed by atoms with van der Waals surface area (Å²) < 4.78 is 0. The van der Waals surface area contributed by atoms with Crippen molar-refractivity contribution >= 4 is 11.9 Å². The molecule has 1 amide bonds. The first-order valence-electron chi connectivity index (χ1n) is 5.85. The molecular formula is C13H18N2O3. The fourth-order valence-corrected chi connectivity index (χ4v) is 1.64. The molecule has 0 heterocycles. The van der Waals surface area contributed by atoms with Gasteiger partial charge >= 0.3 is 5.97 Å². The number of benzene rings is 1. The minimum Gasteiger partial charge on any atom is -0.480 e. The van der Waals surface area contributed by atoms with Gasteiger partial charge in [-0.3, -0.25) is 4.79 Å². The summed E-state index contributed by atoms with van der Waals surface area (Å²) in [5.74, 6) is -1.40. The molecule has 0 unspecified atom stereocenters. The number of amides is 1. The van der Waals surface area contributed by atoms with E-state index in [0.717, 1.165) is 5.56 Å². The lowest BCUT2D eigenvalue weighted by molar-refractivity contribution is -0.139. The molecule has 0 aliphatic rings. The van der Waals surface area contributed by atoms with Crippen molar-refractivity contribution in [2.45, 2.75) is 25.8 Å². The van der Waals surface area contributed by atoms with Gasteiger partial charge in [0.15, 0.2) is 0 Å². The van der Waals surface area contributed by atoms with Crippen molar-refractivity contribution in [1.82, 2.24) is 5.32 Å². The van der Waals surface area contributed by atoms with Crippen LogP contribution >= 0.6 is 0 Å². The number of nitrogens with one attached hydrogen (secondary N) is 1. The summed E-state index contributed by atoms with van der Waals surface area (Å²) in [4.78, 5) is 22.9. The van der Waals surface area contributed by atoms with Gasteiger partial charge in [-0.2, -0.15) is 0 Å². The second kappa shape index (κ2) is 6.76. The Morgan fingerprint density at radius 2 is 2.06 bits per heavy atom. The standard InChI is InChI=1S/C13H18N2O3/c1-9-5-2-3-6-10(9)12(16)15-11(13(17)18)7-4-8-14/h2-3,5-6,11H,4,7-8,14H2,1H3,(H,15,16)(H,17,18)/t11-/m0/s1. The van der Waals surface area contributed by atoms with Crippen molar-refractivity contribution < 1.29 is 14.7 Å². The molecule has 1 aromatic rings. The number of carboxylic acid groups (broad SMARTS) is 1. The molecule has 5 nitrogen and oxygen atoms in total. The molecule has 5 heteroatoms. The van der Waals surface area contributed by atoms with Gasteiger partial charge in [0, 0.05) is 5.56 Å². The van der Waals surface area contributed by atoms with Gasteiger partial charge in [-0.05, 0) is 37.9 Å². The van der Waals surface area contributed by atoms with E-state index in [-0.39, 0.29) is 5.91 Å². The Hall–Kier alpha value is -1.88. The number of nitrogens with two attached hydrogens (primary N) is 1. The summed E-state index contributed by atoms with van der Waals surface area (Å²) in [5, 5.41) is 11.5. The van der Waals surface area contributed by atoms with Crippen LogP contribution in [-0.4, -0.2) is 29.6 Å². The monoisotopic (exact) mass is 250 g/mol. The highest BCUT2D eigenvalue weighted by atomic mass is 16.4. The molecule has 18 heavy (non-hydrogen) atoms. The first-order chi connectivity index (χ1) is 8.56. The smallest absolute Gasteiger partial charge is 0.326 e. The van der Waals surface area contributed by atoms with Gasteiger partial charge in [0.1, 0.15) is 6.04 Å². The quantitative estimate of drug-likeness (QED) is 0.700. The van der Waals surface area contributed by atoms with Gasteiger partial charge in [0.25, 0.3) is 5.91 Å². The van der Waals surface area contributed by atoms with Crippen LogP contribution < -0.4 is 11.1 Å². The summed E-state index contributed by atoms with van der Waals surface area (Å²) in [7, 11) is 0. The molecular weight excluding hydrogens is 232 g/mol. The highest BCUT2D eigenvalue weighted by molar-refractivity contribution is 5.97. The van der Waals surface area contributed by atoms with Crippen molar-refractivity contribution in [3.8, 4) is 0 Å². The van der Waals surface area contributed by atoms with Crippen molar-refractivity contribution in [3.05, 3.63) is 35.4 Å². The van der Waals surface area contributed by atoms with E-state index < -0.39 is 12.0 Å². The normalized spacial score (nSPS) is 11.9. The van der Waals surface area contributed by atoms with Gasteiger partial charge in [-0.1, -0.05) is 18.2 Å². The van der Waals surface area contributed by atoms with E-state index in [9.17, 15) is 9.59 Å². The molecule has 98 valence electrons. The van der Waals surface area contributed by atoms with E-state index in [0.29, 0.717) is 24.9 Å². The number of hydrogen-bond donors (Lipinski definition) is 3. The zero-order valence-corrected chi connectivity index (χ0v) is 10.3. The highest BCUT2D eigenvalue weighted by Gasteiger charge is 2.20. The maximum Gasteiger partial charge on any atom is 0.326 e. The Labute approximate surface area is 106 Å². The first kappa shape index (κ1) is 14.2. The predicted octanol–water partition coefficient (Wildman–Crippen LogP) is 0.917. The van der Waals surface area contributed by atoms with Crippen LogP contribution in [0.3, 0.4) is 0 Å². The number of rotatable bonds is 6. The minimum atomic E-state index is -1.04. The lowest BCUT2D eigenvalue weighted by Crippen LogP contribution is -2.41. The molecule has 0 aliphatic heterocycles. The van der Waals surface area contributed by atoms with Crippen molar-refractivity contribution in [2.24, 2.45) is 5.73 Å². The Morgan fingerprint density at radius 1 is 1.39 bits per heavy atom. The Balaban J connectivity index is 2.72. The highest BCUT2D eigenvalue weighted by Crippen LogP contribution is 2.08. The number of carbonyl (C=O) groups excluding carboxylic acids is 1. The summed E-state index contributed by atoms with van der Waals surface area (Å²) in [6.45, 7) is 2.22. The molecule has 0 aromatic heterocycles. The lowest BCUT2D eigenvalue weighted by Gasteiger charge is -2.14. The zero-order chi connectivity index (χ0) is 13.5. The van der Waals surface area contributed by atoms with E-state index in [1.165, 1.54) is 0 Å². The van der Waals surface area contributed by atoms with Crippen LogP contribution in [-0.2, 0) is 4.79 Å². The van der Waals surface area contributed by atoms with Gasteiger partial charge in [0.05, 0.1) is 0 Å². The molecule has 0 saturated heterocycles. The van der Waals surface area contributed by atoms with Gasteiger partial charge < -0.3 is 16.2 Å². The average Bonchev–Trinajstić information content (AvgIpc) is 2.34. The first-order valence-corrected chi connectivity index (χ1v) is 5.85. The Bertz CT molecular complexity index is 432. The zero-order valence-electron chi connectivity index (χ0n) is 10.3. The van der Waals surface area contributed by atoms with Crippen LogP contribution in [0.25, 0.3) is 0 Å². The molecule has 4 N–H and O–H groups in total. The third-order valence-electron chi connectivity index (χ3n) is 2.69. The number of aryl methyl sites for hydroxylation is 1. The topological polar surface area (TPSA) is 92.4 Å². The molecule has 0 radical (unpaired) electrons. The van der Waals surface area contributed by atoms with Crippen LogP contribution in [0.1, 0.15) is 28.8 Å². The summed E-state index contributed by atoms with van der Waals surface area (Å²) >= 11 is 0. The van der Waals surface area contributed by atoms with E-state index in [1.807, 2.05) is 19.1 Å². The summed E-state index contributed by atoms with van der Waals surface area (Å²) in [6.07, 6.45) is 0.897. The molecule has 0 bridgehead atoms. The molecule has 0 saturated carbocycles. The van der Waals surface area contributed by atoms with Crippen LogP contribution in [0.5, 0.6) is 0 Å². The number of hydrogen-bond acceptors (Lipinski definition) is 3. The van der Waals surface area contributed by atoms with Gasteiger partial charge in [0.2, 0.25) is 0 Å². The molecule has 0 fully saturated rings. The molecule has 1 aromatic carbocycles. The fraction of sp³-hybridized carbons (Fsp3) is 0.385. The summed E-state index contributed by atoms with van der Waals surface area (Å²) in [5.41, 5.74) is 6.65. The second-order valence-electron chi connectivity index (χ2n) is 4.11. The number of aliphatic carboxylic acids is 1. The van der Waals surface area contributed by atoms with Crippen molar-refractivity contribution in [3.63, 3.8) is 0 Å². The van der Waals surface area contributed by atoms with Crippen LogP contribution in [0.15, 0.2) is 24.3 Å². The lowest BCUT2D eigenvalue weighted by atomic mass is 10.1. The minimum absolute atomic E-state index is 0.337. The largest absolute Gasteiger partial charge is 0.480 e. The van der Waals surface area contributed by atoms with Crippen LogP contribution in [0, 0.1) is 6.92 Å². The van der Waals surface area contributed by atoms with E-state index in [1.54, 1.807) is 12.1 Å². The molecule has 1 rings (SSSR count). The summed E-state index contributed by atoms with van der Waals surface area (Å²) in [6, 6.07) is 6.17. The van der Waals surface area contributed by atoms with Crippen LogP contribution in [0.2, 0.25) is 0 Å². The van der Waals surface area contributed by atoms with Crippen LogP contribution in [0.4, 0.5) is 0 Å². The Morgan fingerprint density at radius 3 is 2.61 bits per heavy atom. The maximum atomic E-state index is 11.9. The maximum absolute atomic E-state index is 11.9. The van der Waals surface area contributed by atoms with E-state index in [2.05, 4.69) is 5.32 Å². The third-order valence-corrected chi connectivity index (χ3v) is 2.69.